The van der Waals surface area contributed by atoms with Crippen molar-refractivity contribution in [1.29, 1.82) is 0 Å². The van der Waals surface area contributed by atoms with Crippen LogP contribution in [-0.2, 0) is 0 Å². The summed E-state index contributed by atoms with van der Waals surface area (Å²) in [6, 6.07) is 5.78. The third-order valence-electron chi connectivity index (χ3n) is 3.63. The van der Waals surface area contributed by atoms with E-state index in [4.69, 9.17) is 0 Å². The van der Waals surface area contributed by atoms with E-state index >= 15 is 0 Å². The molecule has 4 heteroatoms. The predicted octanol–water partition coefficient (Wildman–Crippen LogP) is 4.20. The van der Waals surface area contributed by atoms with Crippen molar-refractivity contribution in [1.82, 2.24) is 5.32 Å². The maximum absolute atomic E-state index is 12.4. The van der Waals surface area contributed by atoms with Gasteiger partial charge in [0.25, 0.3) is 5.91 Å². The monoisotopic (exact) mass is 373 g/mol. The molecule has 0 saturated heterocycles. The van der Waals surface area contributed by atoms with E-state index in [1.807, 2.05) is 25.1 Å². The van der Waals surface area contributed by atoms with Crippen LogP contribution in [-0.4, -0.2) is 16.8 Å². The number of halogens is 2. The average molecular weight is 375 g/mol. The molecular weight excluding hydrogens is 358 g/mol. The number of hydrogen-bond donors (Lipinski definition) is 1. The third kappa shape index (κ3) is 2.80. The Hall–Kier alpha value is -0.350. The molecule has 0 atom stereocenters. The fraction of sp³-hybridized carbons (Fsp3) is 0.500. The fourth-order valence-corrected chi connectivity index (χ4v) is 3.62. The van der Waals surface area contributed by atoms with Crippen LogP contribution in [0.3, 0.4) is 0 Å². The molecule has 0 aliphatic heterocycles. The lowest BCUT2D eigenvalue weighted by Crippen LogP contribution is -2.47. The van der Waals surface area contributed by atoms with Crippen molar-refractivity contribution in [3.8, 4) is 0 Å². The lowest BCUT2D eigenvalue weighted by atomic mass is 9.99. The highest BCUT2D eigenvalue weighted by Crippen LogP contribution is 2.32. The van der Waals surface area contributed by atoms with E-state index in [0.717, 1.165) is 33.8 Å². The van der Waals surface area contributed by atoms with Crippen LogP contribution in [0.5, 0.6) is 0 Å². The molecule has 98 valence electrons. The SMILES string of the molecule is Cc1cccc(C(=O)NC2(CBr)CCCC2)c1Br. The first kappa shape index (κ1) is 14.1. The van der Waals surface area contributed by atoms with Crippen LogP contribution in [0.2, 0.25) is 0 Å². The van der Waals surface area contributed by atoms with E-state index in [0.29, 0.717) is 0 Å². The molecule has 0 aromatic heterocycles. The zero-order valence-corrected chi connectivity index (χ0v) is 13.6. The Morgan fingerprint density at radius 3 is 2.67 bits per heavy atom. The molecule has 1 aromatic rings. The van der Waals surface area contributed by atoms with Gasteiger partial charge >= 0.3 is 0 Å². The van der Waals surface area contributed by atoms with E-state index in [2.05, 4.69) is 37.2 Å². The van der Waals surface area contributed by atoms with Gasteiger partial charge in [-0.2, -0.15) is 0 Å². The molecule has 0 unspecified atom stereocenters. The Balaban J connectivity index is 2.19. The van der Waals surface area contributed by atoms with E-state index < -0.39 is 0 Å². The molecule has 0 radical (unpaired) electrons. The molecule has 1 aliphatic carbocycles. The first-order chi connectivity index (χ1) is 8.58. The van der Waals surface area contributed by atoms with Crippen molar-refractivity contribution in [3.63, 3.8) is 0 Å². The summed E-state index contributed by atoms with van der Waals surface area (Å²) in [4.78, 5) is 12.4. The normalized spacial score (nSPS) is 17.7. The number of carbonyl (C=O) groups excluding carboxylic acids is 1. The first-order valence-electron chi connectivity index (χ1n) is 6.22. The van der Waals surface area contributed by atoms with Gasteiger partial charge in [0.2, 0.25) is 0 Å². The molecule has 0 bridgehead atoms. The Kier molecular flexibility index (Phi) is 4.49. The fourth-order valence-electron chi connectivity index (χ4n) is 2.47. The van der Waals surface area contributed by atoms with Crippen molar-refractivity contribution in [3.05, 3.63) is 33.8 Å². The Morgan fingerprint density at radius 1 is 1.39 bits per heavy atom. The molecule has 1 aliphatic rings. The standard InChI is InChI=1S/C14H17Br2NO/c1-10-5-4-6-11(12(10)16)13(18)17-14(9-15)7-2-3-8-14/h4-6H,2-3,7-9H2,1H3,(H,17,18). The number of amides is 1. The minimum Gasteiger partial charge on any atom is -0.346 e. The van der Waals surface area contributed by atoms with Crippen LogP contribution in [0.1, 0.15) is 41.6 Å². The first-order valence-corrected chi connectivity index (χ1v) is 8.13. The second kappa shape index (κ2) is 5.74. The van der Waals surface area contributed by atoms with Crippen molar-refractivity contribution in [2.24, 2.45) is 0 Å². The number of aryl methyl sites for hydroxylation is 1. The average Bonchev–Trinajstić information content (AvgIpc) is 2.81. The quantitative estimate of drug-likeness (QED) is 0.789. The van der Waals surface area contributed by atoms with Crippen molar-refractivity contribution >= 4 is 37.8 Å². The maximum Gasteiger partial charge on any atom is 0.252 e. The van der Waals surface area contributed by atoms with Gasteiger partial charge in [0.1, 0.15) is 0 Å². The number of nitrogens with one attached hydrogen (secondary N) is 1. The van der Waals surface area contributed by atoms with Gasteiger partial charge < -0.3 is 5.32 Å². The van der Waals surface area contributed by atoms with Gasteiger partial charge in [0.05, 0.1) is 11.1 Å². The van der Waals surface area contributed by atoms with Gasteiger partial charge in [0, 0.05) is 9.80 Å². The van der Waals surface area contributed by atoms with Gasteiger partial charge in [0.15, 0.2) is 0 Å². The molecular formula is C14H17Br2NO. The highest BCUT2D eigenvalue weighted by Gasteiger charge is 2.34. The molecule has 0 spiro atoms. The van der Waals surface area contributed by atoms with Gasteiger partial charge in [-0.05, 0) is 47.3 Å². The molecule has 1 fully saturated rings. The van der Waals surface area contributed by atoms with Gasteiger partial charge in [-0.1, -0.05) is 40.9 Å². The molecule has 18 heavy (non-hydrogen) atoms. The molecule has 2 nitrogen and oxygen atoms in total. The highest BCUT2D eigenvalue weighted by molar-refractivity contribution is 9.10. The van der Waals surface area contributed by atoms with E-state index in [1.54, 1.807) is 0 Å². The van der Waals surface area contributed by atoms with Crippen LogP contribution in [0.4, 0.5) is 0 Å². The number of hydrogen-bond acceptors (Lipinski definition) is 1. The topological polar surface area (TPSA) is 29.1 Å². The highest BCUT2D eigenvalue weighted by atomic mass is 79.9. The van der Waals surface area contributed by atoms with Crippen molar-refractivity contribution in [2.45, 2.75) is 38.1 Å². The molecule has 1 N–H and O–H groups in total. The van der Waals surface area contributed by atoms with Crippen molar-refractivity contribution in [2.75, 3.05) is 5.33 Å². The summed E-state index contributed by atoms with van der Waals surface area (Å²) in [6.45, 7) is 2.00. The van der Waals surface area contributed by atoms with Gasteiger partial charge in [-0.25, -0.2) is 0 Å². The van der Waals surface area contributed by atoms with E-state index in [1.165, 1.54) is 12.8 Å². The summed E-state index contributed by atoms with van der Waals surface area (Å²) in [7, 11) is 0. The third-order valence-corrected chi connectivity index (χ3v) is 5.76. The molecule has 1 aromatic carbocycles. The zero-order valence-electron chi connectivity index (χ0n) is 10.4. The van der Waals surface area contributed by atoms with Crippen LogP contribution in [0, 0.1) is 6.92 Å². The summed E-state index contributed by atoms with van der Waals surface area (Å²) in [6.07, 6.45) is 4.52. The number of carbonyl (C=O) groups is 1. The lowest BCUT2D eigenvalue weighted by molar-refractivity contribution is 0.0909. The molecule has 1 amide bonds. The van der Waals surface area contributed by atoms with E-state index in [9.17, 15) is 4.79 Å². The van der Waals surface area contributed by atoms with Crippen LogP contribution >= 0.6 is 31.9 Å². The predicted molar refractivity (Wildman–Crippen MR) is 81.3 cm³/mol. The van der Waals surface area contributed by atoms with E-state index in [-0.39, 0.29) is 11.4 Å². The van der Waals surface area contributed by atoms with Crippen LogP contribution in [0.15, 0.2) is 22.7 Å². The van der Waals surface area contributed by atoms with Gasteiger partial charge in [-0.15, -0.1) is 0 Å². The lowest BCUT2D eigenvalue weighted by Gasteiger charge is -2.28. The second-order valence-corrected chi connectivity index (χ2v) is 6.37. The minimum atomic E-state index is -0.0553. The number of alkyl halides is 1. The van der Waals surface area contributed by atoms with Crippen molar-refractivity contribution < 1.29 is 4.79 Å². The largest absolute Gasteiger partial charge is 0.346 e. The Bertz CT molecular complexity index is 453. The maximum atomic E-state index is 12.4. The summed E-state index contributed by atoms with van der Waals surface area (Å²) in [5, 5.41) is 4.04. The number of benzene rings is 1. The smallest absolute Gasteiger partial charge is 0.252 e. The molecule has 1 saturated carbocycles. The zero-order chi connectivity index (χ0) is 13.2. The Morgan fingerprint density at radius 2 is 2.06 bits per heavy atom. The second-order valence-electron chi connectivity index (χ2n) is 5.01. The molecule has 0 heterocycles. The van der Waals surface area contributed by atoms with Crippen LogP contribution in [0.25, 0.3) is 0 Å². The Labute approximate surface area is 125 Å². The number of rotatable bonds is 3. The molecule has 2 rings (SSSR count). The summed E-state index contributed by atoms with van der Waals surface area (Å²) >= 11 is 7.04. The van der Waals surface area contributed by atoms with Gasteiger partial charge in [-0.3, -0.25) is 4.79 Å². The summed E-state index contributed by atoms with van der Waals surface area (Å²) < 4.78 is 0.894. The summed E-state index contributed by atoms with van der Waals surface area (Å²) in [5.74, 6) is 0.0203. The summed E-state index contributed by atoms with van der Waals surface area (Å²) in [5.41, 5.74) is 1.75. The van der Waals surface area contributed by atoms with Crippen LogP contribution < -0.4 is 5.32 Å². The minimum absolute atomic E-state index is 0.0203.